The van der Waals surface area contributed by atoms with Gasteiger partial charge >= 0.3 is 5.91 Å². The van der Waals surface area contributed by atoms with Gasteiger partial charge in [-0.1, -0.05) is 12.1 Å². The number of methoxy groups -OCH3 is 1. The van der Waals surface area contributed by atoms with Crippen LogP contribution in [0.4, 0.5) is 0 Å². The molecule has 0 saturated carbocycles. The highest BCUT2D eigenvalue weighted by atomic mass is 16.5. The van der Waals surface area contributed by atoms with Crippen LogP contribution in [-0.4, -0.2) is 24.3 Å². The molecule has 6 nitrogen and oxygen atoms in total. The van der Waals surface area contributed by atoms with E-state index in [1.165, 1.54) is 6.21 Å². The van der Waals surface area contributed by atoms with Crippen LogP contribution in [0.5, 0.6) is 11.5 Å². The Morgan fingerprint density at radius 3 is 2.64 bits per heavy atom. The number of aryl methyl sites for hydroxylation is 2. The summed E-state index contributed by atoms with van der Waals surface area (Å²) in [7, 11) is 1.54. The predicted octanol–water partition coefficient (Wildman–Crippen LogP) is 3.53. The minimum Gasteiger partial charge on any atom is -0.507 e. The number of ether oxygens (including phenoxy) is 1. The first-order valence-corrected chi connectivity index (χ1v) is 7.69. The zero-order valence-corrected chi connectivity index (χ0v) is 14.2. The minimum absolute atomic E-state index is 0.148. The van der Waals surface area contributed by atoms with Gasteiger partial charge in [0.1, 0.15) is 5.75 Å². The summed E-state index contributed by atoms with van der Waals surface area (Å²) in [5, 5.41) is 14.5. The van der Waals surface area contributed by atoms with Crippen LogP contribution >= 0.6 is 0 Å². The third kappa shape index (κ3) is 3.33. The number of para-hydroxylation sites is 1. The fraction of sp³-hybridized carbons (Fsp3) is 0.158. The molecule has 0 aliphatic rings. The molecule has 25 heavy (non-hydrogen) atoms. The topological polar surface area (TPSA) is 84.1 Å². The lowest BCUT2D eigenvalue weighted by atomic mass is 10.1. The zero-order valence-electron chi connectivity index (χ0n) is 14.2. The van der Waals surface area contributed by atoms with E-state index >= 15 is 0 Å². The Kier molecular flexibility index (Phi) is 4.43. The molecule has 0 bridgehead atoms. The summed E-state index contributed by atoms with van der Waals surface area (Å²) in [5.74, 6) is 0.518. The molecule has 2 aromatic carbocycles. The third-order valence-corrected chi connectivity index (χ3v) is 3.84. The van der Waals surface area contributed by atoms with Gasteiger partial charge in [-0.05, 0) is 54.8 Å². The number of benzene rings is 2. The second kappa shape index (κ2) is 6.68. The van der Waals surface area contributed by atoms with Crippen LogP contribution in [0, 0.1) is 13.8 Å². The molecule has 0 aliphatic carbocycles. The van der Waals surface area contributed by atoms with Crippen LogP contribution in [0.2, 0.25) is 0 Å². The predicted molar refractivity (Wildman–Crippen MR) is 95.4 cm³/mol. The number of hydrogen-bond donors (Lipinski definition) is 2. The Morgan fingerprint density at radius 1 is 1.24 bits per heavy atom. The van der Waals surface area contributed by atoms with Gasteiger partial charge in [-0.2, -0.15) is 5.10 Å². The number of nitrogens with one attached hydrogen (secondary N) is 1. The van der Waals surface area contributed by atoms with Crippen LogP contribution < -0.4 is 10.2 Å². The maximum absolute atomic E-state index is 12.2. The number of rotatable bonds is 4. The standard InChI is InChI=1S/C19H18N2O4/c1-11-7-13(8-12(2)17(11)22)10-20-21-19(23)16-9-14-5-4-6-15(24-3)18(14)25-16/h4-10,22H,1-3H3,(H,21,23)/b20-10-. The highest BCUT2D eigenvalue weighted by Crippen LogP contribution is 2.28. The molecule has 0 aliphatic heterocycles. The molecule has 0 fully saturated rings. The molecule has 6 heteroatoms. The lowest BCUT2D eigenvalue weighted by Crippen LogP contribution is -2.16. The van der Waals surface area contributed by atoms with Crippen molar-refractivity contribution in [2.75, 3.05) is 7.11 Å². The number of phenols is 1. The first-order valence-electron chi connectivity index (χ1n) is 7.69. The normalized spacial score (nSPS) is 11.2. The van der Waals surface area contributed by atoms with Gasteiger partial charge in [0.15, 0.2) is 17.1 Å². The largest absolute Gasteiger partial charge is 0.507 e. The van der Waals surface area contributed by atoms with Gasteiger partial charge in [0.25, 0.3) is 0 Å². The summed E-state index contributed by atoms with van der Waals surface area (Å²) in [6.07, 6.45) is 1.51. The molecule has 3 aromatic rings. The first kappa shape index (κ1) is 16.6. The van der Waals surface area contributed by atoms with Gasteiger partial charge in [0.05, 0.1) is 13.3 Å². The molecule has 1 heterocycles. The second-order valence-corrected chi connectivity index (χ2v) is 5.69. The smallest absolute Gasteiger partial charge is 0.307 e. The van der Waals surface area contributed by atoms with E-state index in [9.17, 15) is 9.90 Å². The van der Waals surface area contributed by atoms with Crippen molar-refractivity contribution in [1.29, 1.82) is 0 Å². The van der Waals surface area contributed by atoms with Gasteiger partial charge in [-0.25, -0.2) is 5.43 Å². The maximum Gasteiger partial charge on any atom is 0.307 e. The monoisotopic (exact) mass is 338 g/mol. The summed E-state index contributed by atoms with van der Waals surface area (Å²) in [5.41, 5.74) is 5.22. The number of fused-ring (bicyclic) bond motifs is 1. The number of hydrogen-bond acceptors (Lipinski definition) is 5. The SMILES string of the molecule is COc1cccc2cc(C(=O)N/N=C\c3cc(C)c(O)c(C)c3)oc12. The molecule has 2 N–H and O–H groups in total. The van der Waals surface area contributed by atoms with Gasteiger partial charge in [-0.3, -0.25) is 4.79 Å². The molecule has 0 saturated heterocycles. The number of aromatic hydroxyl groups is 1. The molecule has 3 rings (SSSR count). The highest BCUT2D eigenvalue weighted by Gasteiger charge is 2.14. The molecule has 0 radical (unpaired) electrons. The summed E-state index contributed by atoms with van der Waals surface area (Å²) < 4.78 is 10.8. The number of carbonyl (C=O) groups is 1. The van der Waals surface area contributed by atoms with Crippen LogP contribution in [0.15, 0.2) is 45.9 Å². The Labute approximate surface area is 144 Å². The van der Waals surface area contributed by atoms with Crippen molar-refractivity contribution < 1.29 is 19.1 Å². The molecule has 0 spiro atoms. The summed E-state index contributed by atoms with van der Waals surface area (Å²) in [4.78, 5) is 12.2. The van der Waals surface area contributed by atoms with Gasteiger partial charge in [0, 0.05) is 5.39 Å². The molecular formula is C19H18N2O4. The minimum atomic E-state index is -0.457. The molecule has 1 amide bonds. The Balaban J connectivity index is 1.77. The van der Waals surface area contributed by atoms with Crippen molar-refractivity contribution in [3.05, 3.63) is 58.8 Å². The number of carbonyl (C=O) groups excluding carboxylic acids is 1. The van der Waals surface area contributed by atoms with Crippen molar-refractivity contribution >= 4 is 23.1 Å². The molecule has 128 valence electrons. The fourth-order valence-electron chi connectivity index (χ4n) is 2.59. The Bertz CT molecular complexity index is 950. The van der Waals surface area contributed by atoms with Crippen LogP contribution in [0.25, 0.3) is 11.0 Å². The van der Waals surface area contributed by atoms with Gasteiger partial charge < -0.3 is 14.3 Å². The van der Waals surface area contributed by atoms with E-state index in [0.717, 1.165) is 22.1 Å². The second-order valence-electron chi connectivity index (χ2n) is 5.69. The van der Waals surface area contributed by atoms with Crippen molar-refractivity contribution in [1.82, 2.24) is 5.43 Å². The van der Waals surface area contributed by atoms with Crippen molar-refractivity contribution in [3.8, 4) is 11.5 Å². The van der Waals surface area contributed by atoms with E-state index in [-0.39, 0.29) is 11.5 Å². The number of nitrogens with zero attached hydrogens (tertiary/aromatic N) is 1. The number of phenolic OH excluding ortho intramolecular Hbond substituents is 1. The van der Waals surface area contributed by atoms with E-state index in [4.69, 9.17) is 9.15 Å². The fourth-order valence-corrected chi connectivity index (χ4v) is 2.59. The highest BCUT2D eigenvalue weighted by molar-refractivity contribution is 5.97. The van der Waals surface area contributed by atoms with Crippen LogP contribution in [0.3, 0.4) is 0 Å². The summed E-state index contributed by atoms with van der Waals surface area (Å²) >= 11 is 0. The molecular weight excluding hydrogens is 320 g/mol. The average molecular weight is 338 g/mol. The van der Waals surface area contributed by atoms with Crippen molar-refractivity contribution in [2.24, 2.45) is 5.10 Å². The average Bonchev–Trinajstić information content (AvgIpc) is 3.03. The van der Waals surface area contributed by atoms with Crippen molar-refractivity contribution in [3.63, 3.8) is 0 Å². The quantitative estimate of drug-likeness (QED) is 0.563. The molecule has 0 atom stereocenters. The molecule has 0 unspecified atom stereocenters. The third-order valence-electron chi connectivity index (χ3n) is 3.84. The van der Waals surface area contributed by atoms with E-state index < -0.39 is 5.91 Å². The number of amides is 1. The van der Waals surface area contributed by atoms with Crippen molar-refractivity contribution in [2.45, 2.75) is 13.8 Å². The first-order chi connectivity index (χ1) is 12.0. The van der Waals surface area contributed by atoms with E-state index in [0.29, 0.717) is 11.3 Å². The Hall–Kier alpha value is -3.28. The summed E-state index contributed by atoms with van der Waals surface area (Å²) in [6.45, 7) is 3.61. The number of hydrazone groups is 1. The molecule has 1 aromatic heterocycles. The maximum atomic E-state index is 12.2. The van der Waals surface area contributed by atoms with E-state index in [1.54, 1.807) is 45.2 Å². The number of furan rings is 1. The van der Waals surface area contributed by atoms with E-state index in [1.807, 2.05) is 12.1 Å². The van der Waals surface area contributed by atoms with Crippen LogP contribution in [-0.2, 0) is 0 Å². The lowest BCUT2D eigenvalue weighted by Gasteiger charge is -2.04. The lowest BCUT2D eigenvalue weighted by molar-refractivity contribution is 0.0929. The summed E-state index contributed by atoms with van der Waals surface area (Å²) in [6, 6.07) is 10.6. The van der Waals surface area contributed by atoms with Gasteiger partial charge in [0.2, 0.25) is 0 Å². The van der Waals surface area contributed by atoms with Crippen LogP contribution in [0.1, 0.15) is 27.2 Å². The van der Waals surface area contributed by atoms with Gasteiger partial charge in [-0.15, -0.1) is 0 Å². The Morgan fingerprint density at radius 2 is 1.96 bits per heavy atom. The zero-order chi connectivity index (χ0) is 18.0. The van der Waals surface area contributed by atoms with E-state index in [2.05, 4.69) is 10.5 Å².